The molecule has 0 unspecified atom stereocenters. The molecule has 0 N–H and O–H groups in total. The van der Waals surface area contributed by atoms with Crippen molar-refractivity contribution in [2.24, 2.45) is 7.05 Å². The molecule has 2 aromatic heterocycles. The summed E-state index contributed by atoms with van der Waals surface area (Å²) in [6.07, 6.45) is 2.77. The van der Waals surface area contributed by atoms with E-state index in [0.29, 0.717) is 37.2 Å². The van der Waals surface area contributed by atoms with Crippen molar-refractivity contribution in [3.05, 3.63) is 61.8 Å². The van der Waals surface area contributed by atoms with E-state index in [-0.39, 0.29) is 50.9 Å². The number of hydrogen-bond donors (Lipinski definition) is 0. The Hall–Kier alpha value is -2.98. The van der Waals surface area contributed by atoms with E-state index < -0.39 is 15.7 Å². The second kappa shape index (κ2) is 10.6. The standard InChI is InChI=1S/C28H37N3O6S/c1-16(2)19-12-21(17(3)4)26(22(13-19)18(5)6)38(34,35)37-27-24-15-31(20-8-10-36-11-9-20)25(32)14-23(24)28(33)30(7)29-27/h12-18,20H,8-11H2,1-7H3. The van der Waals surface area contributed by atoms with Crippen LogP contribution in [0.3, 0.4) is 0 Å². The van der Waals surface area contributed by atoms with E-state index in [1.54, 1.807) is 0 Å². The Morgan fingerprint density at radius 1 is 0.921 bits per heavy atom. The Labute approximate surface area is 223 Å². The second-order valence-electron chi connectivity index (χ2n) is 11.0. The fourth-order valence-electron chi connectivity index (χ4n) is 4.94. The number of fused-ring (bicyclic) bond motifs is 1. The minimum absolute atomic E-state index is 0.0596. The van der Waals surface area contributed by atoms with E-state index >= 15 is 0 Å². The minimum Gasteiger partial charge on any atom is -0.381 e. The third-order valence-corrected chi connectivity index (χ3v) is 8.53. The SMILES string of the molecule is CC(C)c1cc(C(C)C)c(S(=O)(=O)Oc2nn(C)c(=O)c3cc(=O)n(C4CCOCC4)cc23)c(C(C)C)c1. The summed E-state index contributed by atoms with van der Waals surface area (Å²) in [5.41, 5.74) is 1.56. The van der Waals surface area contributed by atoms with Gasteiger partial charge in [0, 0.05) is 38.6 Å². The van der Waals surface area contributed by atoms with E-state index in [1.165, 1.54) is 23.9 Å². The van der Waals surface area contributed by atoms with Crippen LogP contribution in [0.2, 0.25) is 0 Å². The molecule has 3 aromatic rings. The van der Waals surface area contributed by atoms with Crippen molar-refractivity contribution in [3.63, 3.8) is 0 Å². The van der Waals surface area contributed by atoms with E-state index in [2.05, 4.69) is 18.9 Å². The van der Waals surface area contributed by atoms with Gasteiger partial charge in [0.15, 0.2) is 0 Å². The Morgan fingerprint density at radius 2 is 1.50 bits per heavy atom. The minimum atomic E-state index is -4.36. The first-order valence-electron chi connectivity index (χ1n) is 13.1. The van der Waals surface area contributed by atoms with Crippen molar-refractivity contribution in [1.82, 2.24) is 14.3 Å². The number of rotatable bonds is 7. The largest absolute Gasteiger partial charge is 0.381 e. The van der Waals surface area contributed by atoms with Crippen LogP contribution in [0.5, 0.6) is 5.88 Å². The maximum atomic E-state index is 14.0. The highest BCUT2D eigenvalue weighted by Gasteiger charge is 2.30. The molecule has 206 valence electrons. The summed E-state index contributed by atoms with van der Waals surface area (Å²) in [7, 11) is -2.96. The predicted molar refractivity (Wildman–Crippen MR) is 147 cm³/mol. The predicted octanol–water partition coefficient (Wildman–Crippen LogP) is 4.58. The fourth-order valence-corrected chi connectivity index (χ4v) is 6.52. The lowest BCUT2D eigenvalue weighted by Gasteiger charge is -2.25. The molecule has 9 nitrogen and oxygen atoms in total. The zero-order valence-corrected chi connectivity index (χ0v) is 24.0. The number of nitrogens with zero attached hydrogens (tertiary/aromatic N) is 3. The van der Waals surface area contributed by atoms with Crippen LogP contribution in [0.25, 0.3) is 10.8 Å². The Kier molecular flexibility index (Phi) is 7.86. The maximum Gasteiger partial charge on any atom is 0.341 e. The Balaban J connectivity index is 1.94. The molecule has 4 rings (SSSR count). The quantitative estimate of drug-likeness (QED) is 0.401. The van der Waals surface area contributed by atoms with Crippen molar-refractivity contribution in [1.29, 1.82) is 0 Å². The summed E-state index contributed by atoms with van der Waals surface area (Å²) in [6, 6.07) is 4.99. The second-order valence-corrected chi connectivity index (χ2v) is 12.4. The number of pyridine rings is 1. The van der Waals surface area contributed by atoms with Gasteiger partial charge < -0.3 is 13.5 Å². The topological polar surface area (TPSA) is 109 Å². The molecule has 10 heteroatoms. The molecule has 0 radical (unpaired) electrons. The van der Waals surface area contributed by atoms with Crippen LogP contribution in [-0.4, -0.2) is 36.0 Å². The Bertz CT molecular complexity index is 1550. The summed E-state index contributed by atoms with van der Waals surface area (Å²) < 4.78 is 41.7. The molecule has 0 saturated carbocycles. The van der Waals surface area contributed by atoms with Crippen LogP contribution in [0.1, 0.15) is 94.9 Å². The van der Waals surface area contributed by atoms with Crippen molar-refractivity contribution in [3.8, 4) is 5.88 Å². The van der Waals surface area contributed by atoms with Gasteiger partial charge in [-0.05, 0) is 47.3 Å². The van der Waals surface area contributed by atoms with Gasteiger partial charge in [-0.25, -0.2) is 4.68 Å². The van der Waals surface area contributed by atoms with Crippen LogP contribution in [-0.2, 0) is 21.9 Å². The molecule has 0 aliphatic carbocycles. The monoisotopic (exact) mass is 543 g/mol. The molecule has 0 spiro atoms. The third-order valence-electron chi connectivity index (χ3n) is 7.18. The molecule has 0 amide bonds. The molecule has 0 atom stereocenters. The van der Waals surface area contributed by atoms with Crippen molar-refractivity contribution >= 4 is 20.9 Å². The highest BCUT2D eigenvalue weighted by atomic mass is 32.2. The lowest BCUT2D eigenvalue weighted by atomic mass is 9.89. The van der Waals surface area contributed by atoms with E-state index in [0.717, 1.165) is 10.2 Å². The van der Waals surface area contributed by atoms with E-state index in [9.17, 15) is 18.0 Å². The van der Waals surface area contributed by atoms with Gasteiger partial charge in [-0.15, -0.1) is 5.10 Å². The van der Waals surface area contributed by atoms with Crippen molar-refractivity contribution < 1.29 is 17.3 Å². The summed E-state index contributed by atoms with van der Waals surface area (Å²) in [6.45, 7) is 13.0. The van der Waals surface area contributed by atoms with E-state index in [1.807, 2.05) is 39.8 Å². The zero-order valence-electron chi connectivity index (χ0n) is 23.1. The van der Waals surface area contributed by atoms with Crippen molar-refractivity contribution in [2.45, 2.75) is 83.1 Å². The van der Waals surface area contributed by atoms with Gasteiger partial charge >= 0.3 is 10.1 Å². The average Bonchev–Trinajstić information content (AvgIpc) is 2.86. The summed E-state index contributed by atoms with van der Waals surface area (Å²) in [5, 5.41) is 4.42. The zero-order chi connectivity index (χ0) is 27.9. The van der Waals surface area contributed by atoms with Gasteiger partial charge in [0.05, 0.1) is 10.8 Å². The molecule has 1 aromatic carbocycles. The molecule has 1 aliphatic heterocycles. The normalized spacial score (nSPS) is 15.2. The first kappa shape index (κ1) is 28.0. The lowest BCUT2D eigenvalue weighted by molar-refractivity contribution is 0.0687. The van der Waals surface area contributed by atoms with Crippen molar-refractivity contribution in [2.75, 3.05) is 13.2 Å². The maximum absolute atomic E-state index is 14.0. The molecule has 1 saturated heterocycles. The van der Waals surface area contributed by atoms with Gasteiger partial charge in [0.25, 0.3) is 17.0 Å². The highest BCUT2D eigenvalue weighted by molar-refractivity contribution is 7.87. The molecule has 3 heterocycles. The van der Waals surface area contributed by atoms with Crippen LogP contribution >= 0.6 is 0 Å². The third kappa shape index (κ3) is 5.29. The van der Waals surface area contributed by atoms with Gasteiger partial charge in [-0.1, -0.05) is 53.7 Å². The number of benzene rings is 1. The summed E-state index contributed by atoms with van der Waals surface area (Å²) in [4.78, 5) is 25.9. The van der Waals surface area contributed by atoms with Gasteiger partial charge in [-0.2, -0.15) is 8.42 Å². The summed E-state index contributed by atoms with van der Waals surface area (Å²) in [5.74, 6) is -0.176. The molecule has 0 bridgehead atoms. The highest BCUT2D eigenvalue weighted by Crippen LogP contribution is 2.37. The molecule has 38 heavy (non-hydrogen) atoms. The molecular formula is C28H37N3O6S. The number of aromatic nitrogens is 3. The average molecular weight is 544 g/mol. The molecule has 1 aliphatic rings. The van der Waals surface area contributed by atoms with Crippen LogP contribution in [0.15, 0.2) is 38.9 Å². The lowest BCUT2D eigenvalue weighted by Crippen LogP contribution is -2.30. The summed E-state index contributed by atoms with van der Waals surface area (Å²) >= 11 is 0. The van der Waals surface area contributed by atoms with Gasteiger partial charge in [0.1, 0.15) is 4.90 Å². The van der Waals surface area contributed by atoms with Gasteiger partial charge in [0.2, 0.25) is 0 Å². The first-order chi connectivity index (χ1) is 17.8. The Morgan fingerprint density at radius 3 is 2.03 bits per heavy atom. The molecular weight excluding hydrogens is 506 g/mol. The number of hydrogen-bond acceptors (Lipinski definition) is 7. The number of ether oxygens (including phenoxy) is 1. The van der Waals surface area contributed by atoms with Crippen LogP contribution in [0, 0.1) is 0 Å². The van der Waals surface area contributed by atoms with E-state index in [4.69, 9.17) is 8.92 Å². The van der Waals surface area contributed by atoms with Crippen LogP contribution in [0.4, 0.5) is 0 Å². The van der Waals surface area contributed by atoms with Gasteiger partial charge in [-0.3, -0.25) is 9.59 Å². The number of aryl methyl sites for hydroxylation is 1. The molecule has 1 fully saturated rings. The van der Waals surface area contributed by atoms with Crippen LogP contribution < -0.4 is 15.3 Å². The fraction of sp³-hybridized carbons (Fsp3) is 0.536. The first-order valence-corrected chi connectivity index (χ1v) is 14.6. The smallest absolute Gasteiger partial charge is 0.341 e.